The first-order valence-electron chi connectivity index (χ1n) is 7.40. The molecule has 7 nitrogen and oxygen atoms in total. The minimum atomic E-state index is -1.23. The first kappa shape index (κ1) is 17.3. The molecule has 0 aliphatic carbocycles. The lowest BCUT2D eigenvalue weighted by molar-refractivity contribution is -0.255. The zero-order valence-electron chi connectivity index (χ0n) is 13.7. The van der Waals surface area contributed by atoms with Crippen molar-refractivity contribution in [3.8, 4) is 0 Å². The molecule has 126 valence electrons. The lowest BCUT2D eigenvalue weighted by Gasteiger charge is -2.04. The van der Waals surface area contributed by atoms with Gasteiger partial charge in [0.05, 0.1) is 35.7 Å². The van der Waals surface area contributed by atoms with Crippen LogP contribution >= 0.6 is 0 Å². The van der Waals surface area contributed by atoms with E-state index in [1.54, 1.807) is 32.2 Å². The maximum Gasteiger partial charge on any atom is 0.340 e. The number of anilines is 1. The smallest absolute Gasteiger partial charge is 0.340 e. The molecule has 0 radical (unpaired) electrons. The van der Waals surface area contributed by atoms with Crippen molar-refractivity contribution in [2.45, 2.75) is 20.8 Å². The van der Waals surface area contributed by atoms with E-state index in [4.69, 9.17) is 4.74 Å². The highest BCUT2D eigenvalue weighted by Gasteiger charge is 2.18. The fraction of sp³-hybridized carbons (Fsp3) is 0.235. The second-order valence-electron chi connectivity index (χ2n) is 5.12. The maximum atomic E-state index is 11.9. The zero-order chi connectivity index (χ0) is 17.7. The average Bonchev–Trinajstić information content (AvgIpc) is 2.82. The summed E-state index contributed by atoms with van der Waals surface area (Å²) in [6.45, 7) is 5.68. The number of carboxylic acid groups (broad SMARTS) is 1. The van der Waals surface area contributed by atoms with Gasteiger partial charge in [-0.15, -0.1) is 0 Å². The Balaban J connectivity index is 2.10. The fourth-order valence-corrected chi connectivity index (χ4v) is 2.26. The Hall–Kier alpha value is -3.09. The van der Waals surface area contributed by atoms with Crippen LogP contribution in [-0.4, -0.2) is 29.7 Å². The van der Waals surface area contributed by atoms with Crippen LogP contribution in [0, 0.1) is 13.8 Å². The molecular formula is C17H18N3O4-. The van der Waals surface area contributed by atoms with Crippen molar-refractivity contribution >= 4 is 23.8 Å². The van der Waals surface area contributed by atoms with Gasteiger partial charge < -0.3 is 19.6 Å². The monoisotopic (exact) mass is 328 g/mol. The molecule has 2 N–H and O–H groups in total. The second-order valence-corrected chi connectivity index (χ2v) is 5.12. The lowest BCUT2D eigenvalue weighted by atomic mass is 10.1. The van der Waals surface area contributed by atoms with Gasteiger partial charge in [-0.05, 0) is 44.0 Å². The number of ether oxygens (including phenoxy) is 1. The summed E-state index contributed by atoms with van der Waals surface area (Å²) in [5.74, 6) is -1.59. The van der Waals surface area contributed by atoms with Crippen LogP contribution in [0.4, 0.5) is 5.69 Å². The second kappa shape index (κ2) is 7.45. The normalized spacial score (nSPS) is 10.8. The molecule has 0 spiro atoms. The summed E-state index contributed by atoms with van der Waals surface area (Å²) in [6.07, 6.45) is 1.55. The number of benzene rings is 1. The molecule has 7 heteroatoms. The molecule has 0 aliphatic rings. The Bertz CT molecular complexity index is 776. The molecule has 2 aromatic rings. The number of carbonyl (C=O) groups excluding carboxylic acids is 2. The quantitative estimate of drug-likeness (QED) is 0.476. The van der Waals surface area contributed by atoms with Gasteiger partial charge in [0, 0.05) is 5.69 Å². The summed E-state index contributed by atoms with van der Waals surface area (Å²) in [5, 5.41) is 14.8. The third-order valence-electron chi connectivity index (χ3n) is 3.46. The predicted molar refractivity (Wildman–Crippen MR) is 88.2 cm³/mol. The number of carbonyl (C=O) groups is 2. The van der Waals surface area contributed by atoms with Gasteiger partial charge in [-0.25, -0.2) is 4.79 Å². The minimum Gasteiger partial charge on any atom is -0.545 e. The predicted octanol–water partition coefficient (Wildman–Crippen LogP) is 1.62. The standard InChI is InChI=1S/C17H19N3O4/c1-4-24-17(23)15-10(2)14(19-11(15)3)9-18-20-13-7-5-12(6-8-13)16(21)22/h5-9,19-20H,4H2,1-3H3,(H,21,22)/p-1/b18-9+. The summed E-state index contributed by atoms with van der Waals surface area (Å²) in [5.41, 5.74) is 6.18. The van der Waals surface area contributed by atoms with E-state index in [1.807, 2.05) is 6.92 Å². The van der Waals surface area contributed by atoms with Crippen molar-refractivity contribution in [3.63, 3.8) is 0 Å². The van der Waals surface area contributed by atoms with E-state index in [2.05, 4.69) is 15.5 Å². The number of nitrogens with zero attached hydrogens (tertiary/aromatic N) is 1. The van der Waals surface area contributed by atoms with Crippen LogP contribution in [0.2, 0.25) is 0 Å². The molecule has 1 heterocycles. The molecule has 0 bridgehead atoms. The molecule has 0 atom stereocenters. The Morgan fingerprint density at radius 3 is 2.54 bits per heavy atom. The fourth-order valence-electron chi connectivity index (χ4n) is 2.26. The molecule has 0 aliphatic heterocycles. The van der Waals surface area contributed by atoms with E-state index in [9.17, 15) is 14.7 Å². The number of esters is 1. The highest BCUT2D eigenvalue weighted by molar-refractivity contribution is 5.96. The van der Waals surface area contributed by atoms with E-state index in [0.717, 1.165) is 5.56 Å². The number of hydrogen-bond donors (Lipinski definition) is 2. The van der Waals surface area contributed by atoms with Crippen LogP contribution in [0.15, 0.2) is 29.4 Å². The maximum absolute atomic E-state index is 11.9. The first-order chi connectivity index (χ1) is 11.4. The molecular weight excluding hydrogens is 310 g/mol. The molecule has 1 aromatic heterocycles. The van der Waals surface area contributed by atoms with Crippen LogP contribution in [-0.2, 0) is 4.74 Å². The van der Waals surface area contributed by atoms with Gasteiger partial charge in [0.2, 0.25) is 0 Å². The summed E-state index contributed by atoms with van der Waals surface area (Å²) in [7, 11) is 0. The Morgan fingerprint density at radius 1 is 1.29 bits per heavy atom. The number of aromatic carboxylic acids is 1. The van der Waals surface area contributed by atoms with Crippen molar-refractivity contribution < 1.29 is 19.4 Å². The Labute approximate surface area is 139 Å². The number of carboxylic acids is 1. The molecule has 24 heavy (non-hydrogen) atoms. The highest BCUT2D eigenvalue weighted by Crippen LogP contribution is 2.18. The topological polar surface area (TPSA) is 107 Å². The minimum absolute atomic E-state index is 0.0967. The summed E-state index contributed by atoms with van der Waals surface area (Å²) in [4.78, 5) is 25.7. The van der Waals surface area contributed by atoms with E-state index >= 15 is 0 Å². The van der Waals surface area contributed by atoms with Gasteiger partial charge >= 0.3 is 5.97 Å². The number of hydrogen-bond acceptors (Lipinski definition) is 6. The van der Waals surface area contributed by atoms with Gasteiger partial charge in [-0.1, -0.05) is 12.1 Å². The number of aromatic nitrogens is 1. The molecule has 0 saturated carbocycles. The zero-order valence-corrected chi connectivity index (χ0v) is 13.7. The third-order valence-corrected chi connectivity index (χ3v) is 3.46. The van der Waals surface area contributed by atoms with E-state index in [0.29, 0.717) is 29.2 Å². The molecule has 0 fully saturated rings. The number of nitrogens with one attached hydrogen (secondary N) is 2. The Morgan fingerprint density at radius 2 is 1.96 bits per heavy atom. The van der Waals surface area contributed by atoms with Crippen molar-refractivity contribution in [2.75, 3.05) is 12.0 Å². The summed E-state index contributed by atoms with van der Waals surface area (Å²) >= 11 is 0. The number of H-pyrrole nitrogens is 1. The van der Waals surface area contributed by atoms with Crippen LogP contribution in [0.1, 0.15) is 44.6 Å². The average molecular weight is 328 g/mol. The van der Waals surface area contributed by atoms with E-state index in [-0.39, 0.29) is 11.5 Å². The van der Waals surface area contributed by atoms with Gasteiger partial charge in [0.15, 0.2) is 0 Å². The number of aromatic amines is 1. The first-order valence-corrected chi connectivity index (χ1v) is 7.40. The lowest BCUT2D eigenvalue weighted by Crippen LogP contribution is -2.21. The van der Waals surface area contributed by atoms with Crippen LogP contribution < -0.4 is 10.5 Å². The molecule has 0 unspecified atom stereocenters. The van der Waals surface area contributed by atoms with Gasteiger partial charge in [-0.2, -0.15) is 5.10 Å². The molecule has 2 rings (SSSR count). The summed E-state index contributed by atoms with van der Waals surface area (Å²) < 4.78 is 5.04. The van der Waals surface area contributed by atoms with Gasteiger partial charge in [0.25, 0.3) is 0 Å². The van der Waals surface area contributed by atoms with Crippen molar-refractivity contribution in [2.24, 2.45) is 5.10 Å². The number of aryl methyl sites for hydroxylation is 1. The largest absolute Gasteiger partial charge is 0.545 e. The molecule has 0 saturated heterocycles. The highest BCUT2D eigenvalue weighted by atomic mass is 16.5. The van der Waals surface area contributed by atoms with Crippen molar-refractivity contribution in [1.29, 1.82) is 0 Å². The van der Waals surface area contributed by atoms with Crippen molar-refractivity contribution in [3.05, 3.63) is 52.3 Å². The molecule has 1 aromatic carbocycles. The van der Waals surface area contributed by atoms with Crippen LogP contribution in [0.25, 0.3) is 0 Å². The SMILES string of the molecule is CCOC(=O)c1c(C)[nH]c(/C=N/Nc2ccc(C(=O)[O-])cc2)c1C. The van der Waals surface area contributed by atoms with Gasteiger partial charge in [0.1, 0.15) is 0 Å². The molecule has 0 amide bonds. The van der Waals surface area contributed by atoms with Crippen LogP contribution in [0.3, 0.4) is 0 Å². The Kier molecular flexibility index (Phi) is 5.36. The number of rotatable bonds is 6. The van der Waals surface area contributed by atoms with Crippen LogP contribution in [0.5, 0.6) is 0 Å². The third kappa shape index (κ3) is 3.81. The number of hydrazone groups is 1. The van der Waals surface area contributed by atoms with E-state index in [1.165, 1.54) is 12.1 Å². The van der Waals surface area contributed by atoms with E-state index < -0.39 is 5.97 Å². The summed E-state index contributed by atoms with van der Waals surface area (Å²) in [6, 6.07) is 6.02. The van der Waals surface area contributed by atoms with Gasteiger partial charge in [-0.3, -0.25) is 5.43 Å². The van der Waals surface area contributed by atoms with Crippen molar-refractivity contribution in [1.82, 2.24) is 4.98 Å².